The number of H-pyrrole nitrogens is 1. The largest absolute Gasteiger partial charge is 0.325 e. The summed E-state index contributed by atoms with van der Waals surface area (Å²) in [5.41, 5.74) is 1.67. The van der Waals surface area contributed by atoms with E-state index in [4.69, 9.17) is 11.6 Å². The van der Waals surface area contributed by atoms with Crippen molar-refractivity contribution in [3.05, 3.63) is 57.8 Å². The van der Waals surface area contributed by atoms with E-state index in [1.807, 2.05) is 12.1 Å². The third kappa shape index (κ3) is 2.96. The third-order valence-corrected chi connectivity index (χ3v) is 3.86. The molecule has 0 radical (unpaired) electrons. The average molecular weight is 328 g/mol. The van der Waals surface area contributed by atoms with Gasteiger partial charge in [-0.15, -0.1) is 0 Å². The number of hydrogen-bond donors (Lipinski definition) is 2. The maximum atomic E-state index is 11.9. The Hall–Kier alpha value is -2.66. The lowest BCUT2D eigenvalue weighted by Gasteiger charge is -2.10. The highest BCUT2D eigenvalue weighted by molar-refractivity contribution is 6.33. The molecule has 0 aliphatic carbocycles. The summed E-state index contributed by atoms with van der Waals surface area (Å²) in [4.78, 5) is 23.5. The predicted octanol–water partition coefficient (Wildman–Crippen LogP) is 3.59. The minimum absolute atomic E-state index is 0.122. The SMILES string of the molecule is CCC(=O)Nc1cc(-c2n[nH]c(=O)c3ccccc23)ccc1Cl. The number of aromatic nitrogens is 2. The maximum absolute atomic E-state index is 11.9. The van der Waals surface area contributed by atoms with Crippen LogP contribution in [0.25, 0.3) is 22.0 Å². The number of rotatable bonds is 3. The molecule has 0 fully saturated rings. The van der Waals surface area contributed by atoms with E-state index in [2.05, 4.69) is 15.5 Å². The number of benzene rings is 2. The minimum Gasteiger partial charge on any atom is -0.325 e. The highest BCUT2D eigenvalue weighted by Crippen LogP contribution is 2.30. The number of amides is 1. The first kappa shape index (κ1) is 15.2. The lowest BCUT2D eigenvalue weighted by molar-refractivity contribution is -0.115. The Morgan fingerprint density at radius 3 is 2.70 bits per heavy atom. The molecule has 1 aromatic heterocycles. The predicted molar refractivity (Wildman–Crippen MR) is 91.7 cm³/mol. The number of nitrogens with one attached hydrogen (secondary N) is 2. The first-order chi connectivity index (χ1) is 11.1. The van der Waals surface area contributed by atoms with Crippen molar-refractivity contribution in [3.8, 4) is 11.3 Å². The topological polar surface area (TPSA) is 74.8 Å². The Morgan fingerprint density at radius 1 is 1.22 bits per heavy atom. The molecule has 1 heterocycles. The van der Waals surface area contributed by atoms with Gasteiger partial charge < -0.3 is 5.32 Å². The van der Waals surface area contributed by atoms with Crippen LogP contribution in [0.5, 0.6) is 0 Å². The fourth-order valence-corrected chi connectivity index (χ4v) is 2.51. The van der Waals surface area contributed by atoms with Gasteiger partial charge in [0.1, 0.15) is 0 Å². The van der Waals surface area contributed by atoms with E-state index in [0.29, 0.717) is 28.2 Å². The second-order valence-corrected chi connectivity index (χ2v) is 5.45. The second kappa shape index (κ2) is 6.22. The summed E-state index contributed by atoms with van der Waals surface area (Å²) in [6.45, 7) is 1.77. The third-order valence-electron chi connectivity index (χ3n) is 3.53. The standard InChI is InChI=1S/C17H14ClN3O2/c1-2-15(22)19-14-9-10(7-8-13(14)18)16-11-5-3-4-6-12(11)17(23)21-20-16/h3-9H,2H2,1H3,(H,19,22)(H,21,23). The molecule has 0 unspecified atom stereocenters. The monoisotopic (exact) mass is 327 g/mol. The number of anilines is 1. The van der Waals surface area contributed by atoms with E-state index < -0.39 is 0 Å². The van der Waals surface area contributed by atoms with E-state index in [1.54, 1.807) is 37.3 Å². The van der Waals surface area contributed by atoms with Crippen LogP contribution in [-0.2, 0) is 4.79 Å². The molecule has 1 amide bonds. The lowest BCUT2D eigenvalue weighted by Crippen LogP contribution is -2.11. The van der Waals surface area contributed by atoms with Gasteiger partial charge in [-0.25, -0.2) is 5.10 Å². The highest BCUT2D eigenvalue weighted by Gasteiger charge is 2.11. The Kier molecular flexibility index (Phi) is 4.12. The molecule has 116 valence electrons. The zero-order valence-corrected chi connectivity index (χ0v) is 13.1. The number of aromatic amines is 1. The summed E-state index contributed by atoms with van der Waals surface area (Å²) < 4.78 is 0. The van der Waals surface area contributed by atoms with Crippen molar-refractivity contribution in [1.82, 2.24) is 10.2 Å². The smallest absolute Gasteiger partial charge is 0.272 e. The molecular weight excluding hydrogens is 314 g/mol. The Bertz CT molecular complexity index is 950. The molecule has 3 rings (SSSR count). The molecule has 0 bridgehead atoms. The Morgan fingerprint density at radius 2 is 1.96 bits per heavy atom. The Balaban J connectivity index is 2.16. The number of fused-ring (bicyclic) bond motifs is 1. The fraction of sp³-hybridized carbons (Fsp3) is 0.118. The zero-order valence-electron chi connectivity index (χ0n) is 12.4. The number of nitrogens with zero attached hydrogens (tertiary/aromatic N) is 1. The normalized spacial score (nSPS) is 10.7. The van der Waals surface area contributed by atoms with E-state index >= 15 is 0 Å². The van der Waals surface area contributed by atoms with Crippen molar-refractivity contribution in [3.63, 3.8) is 0 Å². The van der Waals surface area contributed by atoms with Gasteiger partial charge in [0.15, 0.2) is 0 Å². The van der Waals surface area contributed by atoms with Gasteiger partial charge in [0.25, 0.3) is 5.56 Å². The molecule has 0 saturated carbocycles. The fourth-order valence-electron chi connectivity index (χ4n) is 2.34. The van der Waals surface area contributed by atoms with Gasteiger partial charge in [-0.05, 0) is 18.2 Å². The summed E-state index contributed by atoms with van der Waals surface area (Å²) >= 11 is 6.14. The molecule has 23 heavy (non-hydrogen) atoms. The van der Waals surface area contributed by atoms with Gasteiger partial charge in [0.05, 0.1) is 21.8 Å². The van der Waals surface area contributed by atoms with E-state index in [9.17, 15) is 9.59 Å². The van der Waals surface area contributed by atoms with Crippen molar-refractivity contribution in [2.45, 2.75) is 13.3 Å². The van der Waals surface area contributed by atoms with Crippen LogP contribution in [0.4, 0.5) is 5.69 Å². The molecule has 5 nitrogen and oxygen atoms in total. The molecule has 0 spiro atoms. The molecule has 0 aliphatic rings. The van der Waals surface area contributed by atoms with Crippen LogP contribution in [0.3, 0.4) is 0 Å². The molecule has 0 atom stereocenters. The molecule has 2 N–H and O–H groups in total. The summed E-state index contributed by atoms with van der Waals surface area (Å²) in [6, 6.07) is 12.5. The van der Waals surface area contributed by atoms with Crippen molar-refractivity contribution in [2.24, 2.45) is 0 Å². The first-order valence-electron chi connectivity index (χ1n) is 7.17. The van der Waals surface area contributed by atoms with E-state index in [-0.39, 0.29) is 11.5 Å². The summed E-state index contributed by atoms with van der Waals surface area (Å²) in [5, 5.41) is 11.2. The average Bonchev–Trinajstić information content (AvgIpc) is 2.57. The van der Waals surface area contributed by atoms with Crippen LogP contribution in [-0.4, -0.2) is 16.1 Å². The molecule has 6 heteroatoms. The van der Waals surface area contributed by atoms with Gasteiger partial charge in [0, 0.05) is 17.4 Å². The van der Waals surface area contributed by atoms with Crippen LogP contribution in [0.2, 0.25) is 5.02 Å². The molecule has 0 saturated heterocycles. The molecule has 3 aromatic rings. The zero-order chi connectivity index (χ0) is 16.4. The van der Waals surface area contributed by atoms with Gasteiger partial charge in [0.2, 0.25) is 5.91 Å². The van der Waals surface area contributed by atoms with E-state index in [0.717, 1.165) is 10.9 Å². The van der Waals surface area contributed by atoms with Gasteiger partial charge >= 0.3 is 0 Å². The second-order valence-electron chi connectivity index (χ2n) is 5.04. The summed E-state index contributed by atoms with van der Waals surface area (Å²) in [7, 11) is 0. The summed E-state index contributed by atoms with van der Waals surface area (Å²) in [5.74, 6) is -0.122. The quantitative estimate of drug-likeness (QED) is 0.772. The van der Waals surface area contributed by atoms with Crippen molar-refractivity contribution in [2.75, 3.05) is 5.32 Å². The van der Waals surface area contributed by atoms with Crippen molar-refractivity contribution < 1.29 is 4.79 Å². The highest BCUT2D eigenvalue weighted by atomic mass is 35.5. The van der Waals surface area contributed by atoms with Gasteiger partial charge in [-0.3, -0.25) is 9.59 Å². The molecule has 2 aromatic carbocycles. The summed E-state index contributed by atoms with van der Waals surface area (Å²) in [6.07, 6.45) is 0.362. The molecular formula is C17H14ClN3O2. The van der Waals surface area contributed by atoms with Crippen LogP contribution in [0.15, 0.2) is 47.3 Å². The Labute approximate surface area is 137 Å². The molecule has 0 aliphatic heterocycles. The van der Waals surface area contributed by atoms with Gasteiger partial charge in [-0.1, -0.05) is 42.8 Å². The van der Waals surface area contributed by atoms with Gasteiger partial charge in [-0.2, -0.15) is 5.10 Å². The lowest BCUT2D eigenvalue weighted by atomic mass is 10.0. The maximum Gasteiger partial charge on any atom is 0.272 e. The number of hydrogen-bond acceptors (Lipinski definition) is 3. The van der Waals surface area contributed by atoms with Crippen molar-refractivity contribution >= 4 is 34.0 Å². The number of halogens is 1. The minimum atomic E-state index is -0.238. The number of carbonyl (C=O) groups is 1. The first-order valence-corrected chi connectivity index (χ1v) is 7.55. The van der Waals surface area contributed by atoms with Crippen LogP contribution in [0, 0.1) is 0 Å². The van der Waals surface area contributed by atoms with Crippen LogP contribution < -0.4 is 10.9 Å². The van der Waals surface area contributed by atoms with Crippen LogP contribution >= 0.6 is 11.6 Å². The van der Waals surface area contributed by atoms with Crippen LogP contribution in [0.1, 0.15) is 13.3 Å². The van der Waals surface area contributed by atoms with E-state index in [1.165, 1.54) is 0 Å². The van der Waals surface area contributed by atoms with Crippen molar-refractivity contribution in [1.29, 1.82) is 0 Å². The number of carbonyl (C=O) groups excluding carboxylic acids is 1.